The van der Waals surface area contributed by atoms with Crippen molar-refractivity contribution in [3.8, 4) is 5.75 Å². The number of rotatable bonds is 2. The van der Waals surface area contributed by atoms with E-state index in [0.717, 1.165) is 0 Å². The summed E-state index contributed by atoms with van der Waals surface area (Å²) >= 11 is 0. The van der Waals surface area contributed by atoms with Gasteiger partial charge in [0.15, 0.2) is 0 Å². The summed E-state index contributed by atoms with van der Waals surface area (Å²) in [6.07, 6.45) is 1.25. The summed E-state index contributed by atoms with van der Waals surface area (Å²) in [6, 6.07) is 7.61. The lowest BCUT2D eigenvalue weighted by Gasteiger charge is -2.34. The van der Waals surface area contributed by atoms with E-state index < -0.39 is 0 Å². The van der Waals surface area contributed by atoms with Crippen LogP contribution < -0.4 is 0 Å². The van der Waals surface area contributed by atoms with Crippen molar-refractivity contribution < 1.29 is 5.11 Å². The van der Waals surface area contributed by atoms with Crippen molar-refractivity contribution in [2.75, 3.05) is 0 Å². The van der Waals surface area contributed by atoms with Gasteiger partial charge in [-0.05, 0) is 34.9 Å². The van der Waals surface area contributed by atoms with Gasteiger partial charge in [-0.1, -0.05) is 67.0 Å². The monoisotopic (exact) mass is 250 g/mol. The third kappa shape index (κ3) is 5.57. The zero-order valence-electron chi connectivity index (χ0n) is 13.1. The second kappa shape index (κ2) is 7.45. The number of phenolic OH excluding ortho intramolecular Hbond substituents is 1. The van der Waals surface area contributed by atoms with Crippen LogP contribution >= 0.6 is 0 Å². The van der Waals surface area contributed by atoms with Crippen LogP contribution in [0.4, 0.5) is 0 Å². The van der Waals surface area contributed by atoms with E-state index >= 15 is 0 Å². The molecule has 0 heterocycles. The van der Waals surface area contributed by atoms with Gasteiger partial charge in [0.1, 0.15) is 5.75 Å². The standard InChI is InChI=1S/C14H22O.C3H8/c1-10(2)13(14(3,4)5)11-6-8-12(15)9-7-11;1-3-2/h6-10,13,15H,1-5H3;3H2,1-2H3. The summed E-state index contributed by atoms with van der Waals surface area (Å²) in [4.78, 5) is 0. The van der Waals surface area contributed by atoms with E-state index in [1.165, 1.54) is 12.0 Å². The summed E-state index contributed by atoms with van der Waals surface area (Å²) < 4.78 is 0. The molecule has 18 heavy (non-hydrogen) atoms. The molecule has 104 valence electrons. The van der Waals surface area contributed by atoms with E-state index in [1.807, 2.05) is 12.1 Å². The Bertz CT molecular complexity index is 316. The fraction of sp³-hybridized carbons (Fsp3) is 0.647. The quantitative estimate of drug-likeness (QED) is 0.725. The highest BCUT2D eigenvalue weighted by Gasteiger charge is 2.28. The van der Waals surface area contributed by atoms with Crippen LogP contribution in [-0.2, 0) is 0 Å². The van der Waals surface area contributed by atoms with Crippen LogP contribution in [0.5, 0.6) is 5.75 Å². The van der Waals surface area contributed by atoms with Gasteiger partial charge in [0.2, 0.25) is 0 Å². The molecule has 1 rings (SSSR count). The summed E-state index contributed by atoms with van der Waals surface area (Å²) in [5, 5.41) is 9.28. The number of aromatic hydroxyl groups is 1. The van der Waals surface area contributed by atoms with E-state index in [-0.39, 0.29) is 5.41 Å². The van der Waals surface area contributed by atoms with Crippen LogP contribution in [0.3, 0.4) is 0 Å². The molecule has 0 bridgehead atoms. The number of benzene rings is 1. The van der Waals surface area contributed by atoms with Crippen LogP contribution in [-0.4, -0.2) is 5.11 Å². The lowest BCUT2D eigenvalue weighted by molar-refractivity contribution is 0.258. The molecule has 0 aromatic heterocycles. The largest absolute Gasteiger partial charge is 0.508 e. The first-order valence-corrected chi connectivity index (χ1v) is 7.02. The van der Waals surface area contributed by atoms with Gasteiger partial charge in [-0.15, -0.1) is 0 Å². The Kier molecular flexibility index (Phi) is 7.05. The van der Waals surface area contributed by atoms with E-state index in [2.05, 4.69) is 48.5 Å². The first-order valence-electron chi connectivity index (χ1n) is 7.02. The lowest BCUT2D eigenvalue weighted by atomic mass is 9.71. The maximum atomic E-state index is 9.28. The molecule has 1 N–H and O–H groups in total. The van der Waals surface area contributed by atoms with Crippen LogP contribution in [0, 0.1) is 11.3 Å². The number of phenols is 1. The minimum absolute atomic E-state index is 0.255. The molecule has 0 saturated heterocycles. The fourth-order valence-corrected chi connectivity index (χ4v) is 2.57. The van der Waals surface area contributed by atoms with E-state index in [0.29, 0.717) is 17.6 Å². The SMILES string of the molecule is CC(C)C(c1ccc(O)cc1)C(C)(C)C.CCC. The summed E-state index contributed by atoms with van der Waals surface area (Å²) in [7, 11) is 0. The molecule has 0 amide bonds. The smallest absolute Gasteiger partial charge is 0.115 e. The highest BCUT2D eigenvalue weighted by atomic mass is 16.3. The highest BCUT2D eigenvalue weighted by Crippen LogP contribution is 2.40. The minimum atomic E-state index is 0.255. The third-order valence-electron chi connectivity index (χ3n) is 2.85. The average molecular weight is 250 g/mol. The van der Waals surface area contributed by atoms with Crippen molar-refractivity contribution in [3.63, 3.8) is 0 Å². The van der Waals surface area contributed by atoms with Gasteiger partial charge >= 0.3 is 0 Å². The van der Waals surface area contributed by atoms with Crippen molar-refractivity contribution in [1.82, 2.24) is 0 Å². The van der Waals surface area contributed by atoms with Gasteiger partial charge in [-0.2, -0.15) is 0 Å². The predicted octanol–water partition coefficient (Wildman–Crippen LogP) is 5.59. The van der Waals surface area contributed by atoms with E-state index in [1.54, 1.807) is 12.1 Å². The van der Waals surface area contributed by atoms with Crippen LogP contribution in [0.1, 0.15) is 66.4 Å². The molecule has 1 unspecified atom stereocenters. The minimum Gasteiger partial charge on any atom is -0.508 e. The molecule has 0 aliphatic rings. The molecule has 1 aromatic rings. The molecule has 1 aromatic carbocycles. The Labute approximate surface area is 113 Å². The van der Waals surface area contributed by atoms with Crippen molar-refractivity contribution in [2.24, 2.45) is 11.3 Å². The molecule has 1 heteroatoms. The molecule has 0 fully saturated rings. The summed E-state index contributed by atoms with van der Waals surface area (Å²) in [5.74, 6) is 1.47. The molecule has 0 spiro atoms. The van der Waals surface area contributed by atoms with Gasteiger partial charge in [0.25, 0.3) is 0 Å². The van der Waals surface area contributed by atoms with Gasteiger partial charge in [0, 0.05) is 0 Å². The van der Waals surface area contributed by atoms with Crippen LogP contribution in [0.2, 0.25) is 0 Å². The molecular formula is C17H30O. The Hall–Kier alpha value is -0.980. The first-order chi connectivity index (χ1) is 8.23. The van der Waals surface area contributed by atoms with E-state index in [4.69, 9.17) is 0 Å². The Morgan fingerprint density at radius 1 is 1.00 bits per heavy atom. The Balaban J connectivity index is 0.000000873. The van der Waals surface area contributed by atoms with Crippen molar-refractivity contribution in [1.29, 1.82) is 0 Å². The normalized spacial score (nSPS) is 12.9. The third-order valence-corrected chi connectivity index (χ3v) is 2.85. The predicted molar refractivity (Wildman–Crippen MR) is 81.1 cm³/mol. The van der Waals surface area contributed by atoms with Crippen molar-refractivity contribution in [3.05, 3.63) is 29.8 Å². The zero-order chi connectivity index (χ0) is 14.3. The van der Waals surface area contributed by atoms with Gasteiger partial charge < -0.3 is 5.11 Å². The lowest BCUT2D eigenvalue weighted by Crippen LogP contribution is -2.23. The second-order valence-corrected chi connectivity index (χ2v) is 6.39. The molecule has 0 saturated carbocycles. The van der Waals surface area contributed by atoms with Gasteiger partial charge in [0.05, 0.1) is 0 Å². The fourth-order valence-electron chi connectivity index (χ4n) is 2.57. The van der Waals surface area contributed by atoms with Crippen molar-refractivity contribution >= 4 is 0 Å². The van der Waals surface area contributed by atoms with Gasteiger partial charge in [-0.25, -0.2) is 0 Å². The average Bonchev–Trinajstić information content (AvgIpc) is 2.20. The van der Waals surface area contributed by atoms with E-state index in [9.17, 15) is 5.11 Å². The second-order valence-electron chi connectivity index (χ2n) is 6.39. The highest BCUT2D eigenvalue weighted by molar-refractivity contribution is 5.29. The number of hydrogen-bond acceptors (Lipinski definition) is 1. The van der Waals surface area contributed by atoms with Crippen LogP contribution in [0.15, 0.2) is 24.3 Å². The zero-order valence-corrected chi connectivity index (χ0v) is 13.1. The van der Waals surface area contributed by atoms with Crippen molar-refractivity contribution in [2.45, 2.75) is 60.8 Å². The Morgan fingerprint density at radius 2 is 1.39 bits per heavy atom. The summed E-state index contributed by atoms with van der Waals surface area (Å²) in [5.41, 5.74) is 1.57. The molecule has 0 radical (unpaired) electrons. The maximum Gasteiger partial charge on any atom is 0.115 e. The van der Waals surface area contributed by atoms with Crippen LogP contribution in [0.25, 0.3) is 0 Å². The molecule has 1 atom stereocenters. The molecule has 0 aliphatic carbocycles. The van der Waals surface area contributed by atoms with Gasteiger partial charge in [-0.3, -0.25) is 0 Å². The molecular weight excluding hydrogens is 220 g/mol. The Morgan fingerprint density at radius 3 is 1.67 bits per heavy atom. The molecule has 0 aliphatic heterocycles. The maximum absolute atomic E-state index is 9.28. The number of hydrogen-bond donors (Lipinski definition) is 1. The topological polar surface area (TPSA) is 20.2 Å². The molecule has 1 nitrogen and oxygen atoms in total. The summed E-state index contributed by atoms with van der Waals surface area (Å²) in [6.45, 7) is 15.6. The first kappa shape index (κ1) is 17.0.